The van der Waals surface area contributed by atoms with Crippen LogP contribution in [-0.2, 0) is 16.6 Å². The van der Waals surface area contributed by atoms with E-state index in [9.17, 15) is 14.0 Å². The summed E-state index contributed by atoms with van der Waals surface area (Å²) in [5.74, 6) is -0.440. The van der Waals surface area contributed by atoms with Gasteiger partial charge in [-0.3, -0.25) is 0 Å². The number of ketones is 2. The van der Waals surface area contributed by atoms with Crippen LogP contribution >= 0.6 is 0 Å². The summed E-state index contributed by atoms with van der Waals surface area (Å²) in [5.41, 5.74) is 2.13. The molecule has 30 heavy (non-hydrogen) atoms. The standard InChI is InChI=1S/C22H16FN3O3Se/c23-13-5-7-16(8-6-13)30-12-14-10-26(25-24-14)11-15-9-19-20(27)17-3-1-2-4-18(17)21(28)22(19)29-15/h1-8,10,15H,9,11-12H2. The molecule has 0 fully saturated rings. The van der Waals surface area contributed by atoms with Crippen LogP contribution in [0.25, 0.3) is 0 Å². The molecule has 2 heterocycles. The van der Waals surface area contributed by atoms with Gasteiger partial charge in [-0.05, 0) is 0 Å². The maximum atomic E-state index is 13.0. The molecule has 1 aliphatic heterocycles. The topological polar surface area (TPSA) is 74.1 Å². The van der Waals surface area contributed by atoms with Crippen molar-refractivity contribution in [3.05, 3.63) is 88.7 Å². The van der Waals surface area contributed by atoms with Crippen LogP contribution in [0, 0.1) is 5.82 Å². The van der Waals surface area contributed by atoms with Crippen molar-refractivity contribution in [1.29, 1.82) is 0 Å². The number of hydrogen-bond acceptors (Lipinski definition) is 5. The zero-order valence-corrected chi connectivity index (χ0v) is 17.5. The average molecular weight is 468 g/mol. The summed E-state index contributed by atoms with van der Waals surface area (Å²) in [6.07, 6.45) is 1.89. The zero-order valence-electron chi connectivity index (χ0n) is 15.7. The first-order valence-electron chi connectivity index (χ1n) is 9.44. The number of allylic oxidation sites excluding steroid dienone is 1. The van der Waals surface area contributed by atoms with Gasteiger partial charge in [0.25, 0.3) is 0 Å². The predicted octanol–water partition coefficient (Wildman–Crippen LogP) is 2.07. The second kappa shape index (κ2) is 7.63. The SMILES string of the molecule is O=C1C2=C(OC(Cn3cc(C[Se]c4ccc(F)cc4)nn3)C2)C(=O)c2ccccc21. The first kappa shape index (κ1) is 18.9. The van der Waals surface area contributed by atoms with E-state index in [2.05, 4.69) is 10.3 Å². The Balaban J connectivity index is 1.23. The van der Waals surface area contributed by atoms with E-state index in [0.29, 0.717) is 29.7 Å². The Morgan fingerprint density at radius 1 is 1.07 bits per heavy atom. The summed E-state index contributed by atoms with van der Waals surface area (Å²) >= 11 is 0.129. The normalized spacial score (nSPS) is 17.7. The fourth-order valence-corrected chi connectivity index (χ4v) is 5.27. The van der Waals surface area contributed by atoms with E-state index in [4.69, 9.17) is 4.74 Å². The third kappa shape index (κ3) is 3.49. The van der Waals surface area contributed by atoms with Crippen molar-refractivity contribution in [3.8, 4) is 0 Å². The fraction of sp³-hybridized carbons (Fsp3) is 0.182. The van der Waals surface area contributed by atoms with Gasteiger partial charge in [0.2, 0.25) is 0 Å². The molecule has 0 bridgehead atoms. The Morgan fingerprint density at radius 2 is 1.80 bits per heavy atom. The summed E-state index contributed by atoms with van der Waals surface area (Å²) < 4.78 is 21.6. The van der Waals surface area contributed by atoms with Crippen LogP contribution in [-0.4, -0.2) is 47.6 Å². The molecule has 0 radical (unpaired) electrons. The van der Waals surface area contributed by atoms with E-state index in [1.807, 2.05) is 6.20 Å². The van der Waals surface area contributed by atoms with Crippen molar-refractivity contribution in [1.82, 2.24) is 15.0 Å². The third-order valence-corrected chi connectivity index (χ3v) is 7.26. The summed E-state index contributed by atoms with van der Waals surface area (Å²) in [4.78, 5) is 25.4. The van der Waals surface area contributed by atoms with Gasteiger partial charge in [-0.25, -0.2) is 0 Å². The Bertz CT molecular complexity index is 1140. The Labute approximate surface area is 177 Å². The number of Topliss-reactive ketones (excluding diaryl/α,β-unsaturated/α-hetero) is 2. The molecule has 5 rings (SSSR count). The van der Waals surface area contributed by atoms with Crippen molar-refractivity contribution in [2.24, 2.45) is 0 Å². The van der Waals surface area contributed by atoms with Crippen LogP contribution in [0.3, 0.4) is 0 Å². The number of aromatic nitrogens is 3. The monoisotopic (exact) mass is 469 g/mol. The number of hydrogen-bond donors (Lipinski definition) is 0. The van der Waals surface area contributed by atoms with E-state index in [-0.39, 0.29) is 44.2 Å². The van der Waals surface area contributed by atoms with Gasteiger partial charge in [0.15, 0.2) is 0 Å². The molecular formula is C22H16FN3O3Se. The molecule has 0 N–H and O–H groups in total. The molecule has 0 amide bonds. The van der Waals surface area contributed by atoms with Crippen LogP contribution < -0.4 is 4.46 Å². The molecule has 0 saturated carbocycles. The second-order valence-corrected chi connectivity index (χ2v) is 9.33. The zero-order chi connectivity index (χ0) is 20.7. The summed E-state index contributed by atoms with van der Waals surface area (Å²) in [6.45, 7) is 0.403. The molecule has 2 aromatic carbocycles. The number of fused-ring (bicyclic) bond motifs is 1. The molecule has 1 aliphatic carbocycles. The summed E-state index contributed by atoms with van der Waals surface area (Å²) in [7, 11) is 0. The first-order chi connectivity index (χ1) is 14.6. The number of carbonyl (C=O) groups excluding carboxylic acids is 2. The number of ether oxygens (including phenoxy) is 1. The number of carbonyl (C=O) groups is 2. The van der Waals surface area contributed by atoms with Crippen molar-refractivity contribution in [3.63, 3.8) is 0 Å². The van der Waals surface area contributed by atoms with E-state index in [0.717, 1.165) is 15.5 Å². The molecule has 2 aliphatic rings. The molecule has 6 nitrogen and oxygen atoms in total. The molecular weight excluding hydrogens is 452 g/mol. The van der Waals surface area contributed by atoms with Crippen LogP contribution in [0.2, 0.25) is 0 Å². The molecule has 8 heteroatoms. The van der Waals surface area contributed by atoms with Crippen LogP contribution in [0.15, 0.2) is 66.1 Å². The van der Waals surface area contributed by atoms with Crippen LogP contribution in [0.1, 0.15) is 32.8 Å². The first-order valence-corrected chi connectivity index (χ1v) is 11.5. The van der Waals surface area contributed by atoms with E-state index < -0.39 is 0 Å². The number of benzene rings is 2. The fourth-order valence-electron chi connectivity index (χ4n) is 3.64. The molecule has 1 unspecified atom stereocenters. The van der Waals surface area contributed by atoms with E-state index >= 15 is 0 Å². The minimum absolute atomic E-state index is 0.129. The van der Waals surface area contributed by atoms with Crippen molar-refractivity contribution >= 4 is 31.0 Å². The van der Waals surface area contributed by atoms with Crippen LogP contribution in [0.4, 0.5) is 4.39 Å². The van der Waals surface area contributed by atoms with Gasteiger partial charge in [0.05, 0.1) is 0 Å². The predicted molar refractivity (Wildman–Crippen MR) is 107 cm³/mol. The Hall–Kier alpha value is -3.09. The Kier molecular flexibility index (Phi) is 4.81. The molecule has 0 spiro atoms. The van der Waals surface area contributed by atoms with Gasteiger partial charge in [-0.15, -0.1) is 0 Å². The summed E-state index contributed by atoms with van der Waals surface area (Å²) in [5, 5.41) is 9.09. The van der Waals surface area contributed by atoms with Gasteiger partial charge in [0.1, 0.15) is 0 Å². The number of halogens is 1. The van der Waals surface area contributed by atoms with Gasteiger partial charge >= 0.3 is 178 Å². The quantitative estimate of drug-likeness (QED) is 0.537. The van der Waals surface area contributed by atoms with E-state index in [1.54, 1.807) is 41.1 Å². The summed E-state index contributed by atoms with van der Waals surface area (Å²) in [6, 6.07) is 13.3. The molecule has 3 aromatic rings. The van der Waals surface area contributed by atoms with Gasteiger partial charge in [-0.1, -0.05) is 0 Å². The van der Waals surface area contributed by atoms with Crippen molar-refractivity contribution < 1.29 is 18.7 Å². The van der Waals surface area contributed by atoms with Crippen molar-refractivity contribution in [2.45, 2.75) is 24.4 Å². The second-order valence-electron chi connectivity index (χ2n) is 7.13. The van der Waals surface area contributed by atoms with Crippen molar-refractivity contribution in [2.75, 3.05) is 0 Å². The average Bonchev–Trinajstić information content (AvgIpc) is 3.39. The Morgan fingerprint density at radius 3 is 2.57 bits per heavy atom. The van der Waals surface area contributed by atoms with E-state index in [1.165, 1.54) is 12.1 Å². The van der Waals surface area contributed by atoms with Gasteiger partial charge in [-0.2, -0.15) is 0 Å². The third-order valence-electron chi connectivity index (χ3n) is 5.06. The minimum atomic E-state index is -0.339. The molecule has 1 atom stereocenters. The molecule has 150 valence electrons. The maximum absolute atomic E-state index is 13.0. The van der Waals surface area contributed by atoms with Crippen LogP contribution in [0.5, 0.6) is 0 Å². The number of rotatable bonds is 5. The molecule has 0 saturated heterocycles. The molecule has 1 aromatic heterocycles. The van der Waals surface area contributed by atoms with Gasteiger partial charge < -0.3 is 0 Å². The van der Waals surface area contributed by atoms with Gasteiger partial charge in [0, 0.05) is 0 Å². The number of nitrogens with zero attached hydrogens (tertiary/aromatic N) is 3.